The van der Waals surface area contributed by atoms with Gasteiger partial charge in [0.25, 0.3) is 11.8 Å². The van der Waals surface area contributed by atoms with Gasteiger partial charge in [0.05, 0.1) is 17.1 Å². The fraction of sp³-hybridized carbons (Fsp3) is 0.462. The van der Waals surface area contributed by atoms with E-state index in [9.17, 15) is 14.4 Å². The zero-order chi connectivity index (χ0) is 23.8. The molecule has 0 aliphatic heterocycles. The van der Waals surface area contributed by atoms with Crippen LogP contribution >= 0.6 is 0 Å². The normalized spacial score (nSPS) is 17.5. The molecular formula is C26H31N5O3. The largest absolute Gasteiger partial charge is 0.349 e. The zero-order valence-corrected chi connectivity index (χ0v) is 19.7. The average Bonchev–Trinajstić information content (AvgIpc) is 3.58. The standard InChI is InChI=1S/C26H31N5O3/c1-15-8-11-21-22(12-15)30-24(29-21)16(2)27-25(33)19-13-31(18-9-10-18)14-20(23(19)32)26(34)28-17-6-4-3-5-7-17/h8,11-14,16-18H,3-7,9-10H2,1-2H3,(H,27,33)(H,28,34)(H,29,30)/t16-/m1/s1. The molecule has 2 amide bonds. The highest BCUT2D eigenvalue weighted by Gasteiger charge is 2.28. The number of nitrogens with one attached hydrogen (secondary N) is 3. The number of benzene rings is 1. The van der Waals surface area contributed by atoms with Gasteiger partial charge in [-0.15, -0.1) is 0 Å². The van der Waals surface area contributed by atoms with Gasteiger partial charge in [0.1, 0.15) is 17.0 Å². The second-order valence-electron chi connectivity index (χ2n) is 9.74. The van der Waals surface area contributed by atoms with Gasteiger partial charge in [0.15, 0.2) is 0 Å². The molecule has 5 rings (SSSR count). The molecule has 8 nitrogen and oxygen atoms in total. The molecule has 2 heterocycles. The number of carbonyl (C=O) groups is 2. The van der Waals surface area contributed by atoms with Gasteiger partial charge in [-0.2, -0.15) is 0 Å². The molecule has 1 atom stereocenters. The maximum atomic E-state index is 13.2. The second kappa shape index (κ2) is 9.08. The van der Waals surface area contributed by atoms with Crippen molar-refractivity contribution < 1.29 is 9.59 Å². The van der Waals surface area contributed by atoms with E-state index in [2.05, 4.69) is 20.6 Å². The topological polar surface area (TPSA) is 109 Å². The molecule has 0 radical (unpaired) electrons. The highest BCUT2D eigenvalue weighted by atomic mass is 16.2. The quantitative estimate of drug-likeness (QED) is 0.517. The fourth-order valence-corrected chi connectivity index (χ4v) is 4.71. The summed E-state index contributed by atoms with van der Waals surface area (Å²) < 4.78 is 1.85. The number of aromatic amines is 1. The van der Waals surface area contributed by atoms with Crippen molar-refractivity contribution in [1.29, 1.82) is 0 Å². The smallest absolute Gasteiger partial charge is 0.257 e. The summed E-state index contributed by atoms with van der Waals surface area (Å²) in [4.78, 5) is 47.2. The minimum atomic E-state index is -0.532. The highest BCUT2D eigenvalue weighted by molar-refractivity contribution is 5.99. The van der Waals surface area contributed by atoms with Crippen molar-refractivity contribution in [3.8, 4) is 0 Å². The van der Waals surface area contributed by atoms with E-state index in [4.69, 9.17) is 0 Å². The minimum Gasteiger partial charge on any atom is -0.349 e. The van der Waals surface area contributed by atoms with Gasteiger partial charge in [-0.05, 0) is 57.2 Å². The Morgan fingerprint density at radius 1 is 1.06 bits per heavy atom. The summed E-state index contributed by atoms with van der Waals surface area (Å²) >= 11 is 0. The summed E-state index contributed by atoms with van der Waals surface area (Å²) in [6, 6.07) is 5.80. The summed E-state index contributed by atoms with van der Waals surface area (Å²) in [7, 11) is 0. The number of hydrogen-bond donors (Lipinski definition) is 3. The lowest BCUT2D eigenvalue weighted by Crippen LogP contribution is -2.40. The van der Waals surface area contributed by atoms with Crippen LogP contribution in [0.15, 0.2) is 35.4 Å². The zero-order valence-electron chi connectivity index (χ0n) is 19.7. The third-order valence-corrected chi connectivity index (χ3v) is 6.86. The van der Waals surface area contributed by atoms with Gasteiger partial charge in [-0.1, -0.05) is 25.3 Å². The Labute approximate surface area is 198 Å². The monoisotopic (exact) mass is 461 g/mol. The molecular weight excluding hydrogens is 430 g/mol. The fourth-order valence-electron chi connectivity index (χ4n) is 4.71. The molecule has 178 valence electrons. The first-order valence-corrected chi connectivity index (χ1v) is 12.2. The summed E-state index contributed by atoms with van der Waals surface area (Å²) in [5.74, 6) is -0.278. The number of nitrogens with zero attached hydrogens (tertiary/aromatic N) is 2. The molecule has 34 heavy (non-hydrogen) atoms. The van der Waals surface area contributed by atoms with Crippen LogP contribution in [0.25, 0.3) is 11.0 Å². The first-order valence-electron chi connectivity index (χ1n) is 12.2. The van der Waals surface area contributed by atoms with Crippen molar-refractivity contribution in [2.75, 3.05) is 0 Å². The van der Waals surface area contributed by atoms with Crippen LogP contribution in [0.2, 0.25) is 0 Å². The maximum absolute atomic E-state index is 13.2. The predicted octanol–water partition coefficient (Wildman–Crippen LogP) is 3.92. The molecule has 1 aromatic carbocycles. The van der Waals surface area contributed by atoms with Crippen molar-refractivity contribution >= 4 is 22.8 Å². The van der Waals surface area contributed by atoms with Crippen LogP contribution in [0.5, 0.6) is 0 Å². The number of hydrogen-bond acceptors (Lipinski definition) is 4. The van der Waals surface area contributed by atoms with E-state index in [1.807, 2.05) is 36.6 Å². The molecule has 2 aliphatic carbocycles. The molecule has 3 aromatic rings. The molecule has 3 N–H and O–H groups in total. The third kappa shape index (κ3) is 4.62. The SMILES string of the molecule is Cc1ccc2nc([C@@H](C)NC(=O)c3cn(C4CC4)cc(C(=O)NC4CCCCC4)c3=O)[nH]c2c1. The summed E-state index contributed by atoms with van der Waals surface area (Å²) in [5, 5.41) is 5.90. The Hall–Kier alpha value is -3.42. The Balaban J connectivity index is 1.39. The predicted molar refractivity (Wildman–Crippen MR) is 130 cm³/mol. The first kappa shape index (κ1) is 22.4. The van der Waals surface area contributed by atoms with Crippen molar-refractivity contribution in [3.63, 3.8) is 0 Å². The lowest BCUT2D eigenvalue weighted by Gasteiger charge is -2.23. The second-order valence-corrected chi connectivity index (χ2v) is 9.74. The lowest BCUT2D eigenvalue weighted by atomic mass is 9.95. The number of rotatable bonds is 6. The Bertz CT molecular complexity index is 1300. The van der Waals surface area contributed by atoms with Gasteiger partial charge in [-0.25, -0.2) is 4.98 Å². The molecule has 0 unspecified atom stereocenters. The van der Waals surface area contributed by atoms with Crippen LogP contribution in [-0.4, -0.2) is 32.4 Å². The Morgan fingerprint density at radius 3 is 2.47 bits per heavy atom. The number of carbonyl (C=O) groups excluding carboxylic acids is 2. The van der Waals surface area contributed by atoms with E-state index in [-0.39, 0.29) is 29.1 Å². The van der Waals surface area contributed by atoms with Gasteiger partial charge in [-0.3, -0.25) is 14.4 Å². The lowest BCUT2D eigenvalue weighted by molar-refractivity contribution is 0.0925. The van der Waals surface area contributed by atoms with E-state index < -0.39 is 17.4 Å². The highest BCUT2D eigenvalue weighted by Crippen LogP contribution is 2.34. The van der Waals surface area contributed by atoms with Crippen molar-refractivity contribution in [3.05, 3.63) is 63.3 Å². The number of pyridine rings is 1. The molecule has 0 bridgehead atoms. The molecule has 0 saturated heterocycles. The minimum absolute atomic E-state index is 0.0120. The van der Waals surface area contributed by atoms with E-state index in [0.29, 0.717) is 5.82 Å². The summed E-state index contributed by atoms with van der Waals surface area (Å²) in [6.07, 6.45) is 10.3. The molecule has 2 saturated carbocycles. The van der Waals surface area contributed by atoms with E-state index in [1.165, 1.54) is 6.42 Å². The van der Waals surface area contributed by atoms with Crippen molar-refractivity contribution in [1.82, 2.24) is 25.2 Å². The number of imidazole rings is 1. The molecule has 0 spiro atoms. The van der Waals surface area contributed by atoms with Crippen LogP contribution in [-0.2, 0) is 0 Å². The number of fused-ring (bicyclic) bond motifs is 1. The molecule has 8 heteroatoms. The number of aromatic nitrogens is 3. The number of amides is 2. The molecule has 2 fully saturated rings. The summed E-state index contributed by atoms with van der Waals surface area (Å²) in [5.41, 5.74) is 2.32. The Morgan fingerprint density at radius 2 is 1.76 bits per heavy atom. The Kier molecular flexibility index (Phi) is 5.98. The third-order valence-electron chi connectivity index (χ3n) is 6.86. The first-order chi connectivity index (χ1) is 16.4. The summed E-state index contributed by atoms with van der Waals surface area (Å²) in [6.45, 7) is 3.83. The van der Waals surface area contributed by atoms with Crippen molar-refractivity contribution in [2.45, 2.75) is 76.9 Å². The van der Waals surface area contributed by atoms with Gasteiger partial charge < -0.3 is 20.2 Å². The van der Waals surface area contributed by atoms with E-state index in [1.54, 1.807) is 12.4 Å². The molecule has 2 aliphatic rings. The van der Waals surface area contributed by atoms with E-state index >= 15 is 0 Å². The number of aryl methyl sites for hydroxylation is 1. The van der Waals surface area contributed by atoms with Crippen molar-refractivity contribution in [2.24, 2.45) is 0 Å². The van der Waals surface area contributed by atoms with Gasteiger partial charge >= 0.3 is 0 Å². The van der Waals surface area contributed by atoms with Crippen LogP contribution in [0.3, 0.4) is 0 Å². The van der Waals surface area contributed by atoms with Gasteiger partial charge in [0.2, 0.25) is 5.43 Å². The van der Waals surface area contributed by atoms with Crippen LogP contribution in [0.4, 0.5) is 0 Å². The van der Waals surface area contributed by atoms with E-state index in [0.717, 1.165) is 55.1 Å². The molecule has 2 aromatic heterocycles. The van der Waals surface area contributed by atoms with Crippen LogP contribution in [0, 0.1) is 6.92 Å². The van der Waals surface area contributed by atoms with Gasteiger partial charge in [0, 0.05) is 24.5 Å². The van der Waals surface area contributed by atoms with Crippen LogP contribution in [0.1, 0.15) is 96.1 Å². The number of H-pyrrole nitrogens is 1. The average molecular weight is 462 g/mol. The van der Waals surface area contributed by atoms with Crippen LogP contribution < -0.4 is 16.1 Å². The maximum Gasteiger partial charge on any atom is 0.257 e.